The summed E-state index contributed by atoms with van der Waals surface area (Å²) in [5, 5.41) is 13.4. The molecule has 1 atom stereocenters. The molecule has 1 N–H and O–H groups in total. The Hall–Kier alpha value is -2.90. The summed E-state index contributed by atoms with van der Waals surface area (Å²) in [4.78, 5) is 6.96. The van der Waals surface area contributed by atoms with Crippen molar-refractivity contribution in [3.8, 4) is 6.07 Å². The third-order valence-electron chi connectivity index (χ3n) is 6.05. The number of aromatic nitrogens is 1. The molecule has 2 heterocycles. The molecule has 0 saturated heterocycles. The molecule has 158 valence electrons. The predicted octanol–water partition coefficient (Wildman–Crippen LogP) is 7.13. The lowest BCUT2D eigenvalue weighted by molar-refractivity contribution is 0.405. The number of benzene rings is 2. The van der Waals surface area contributed by atoms with Crippen LogP contribution < -0.4 is 0 Å². The minimum atomic E-state index is 0.138. The third-order valence-corrected chi connectivity index (χ3v) is 7.08. The molecule has 0 amide bonds. The van der Waals surface area contributed by atoms with Gasteiger partial charge >= 0.3 is 0 Å². The molecule has 4 heteroatoms. The minimum Gasteiger partial charge on any atom is -0.367 e. The van der Waals surface area contributed by atoms with Gasteiger partial charge in [0.2, 0.25) is 0 Å². The zero-order valence-corrected chi connectivity index (χ0v) is 19.9. The smallest absolute Gasteiger partial charge is 0.104 e. The molecule has 4 rings (SSSR count). The molecule has 31 heavy (non-hydrogen) atoms. The van der Waals surface area contributed by atoms with Crippen LogP contribution in [0.5, 0.6) is 0 Å². The number of nitriles is 1. The first-order valence-electron chi connectivity index (χ1n) is 10.7. The number of allylic oxidation sites excluding steroid dienone is 2. The molecule has 0 spiro atoms. The lowest BCUT2D eigenvalue weighted by Crippen LogP contribution is -2.22. The van der Waals surface area contributed by atoms with Crippen LogP contribution in [0.2, 0.25) is 0 Å². The standard InChI is InChI=1S/C27H29N3S/c1-17-15-18(2)30(6)25(17)23(16-28)24-21-9-7-8-10-22(21)26(29-24)31-20-13-11-19(12-14-20)27(3,4)5/h7-15,18,29H,1-6H3/b25-23-. The Morgan fingerprint density at radius 3 is 2.26 bits per heavy atom. The fraction of sp³-hybridized carbons (Fsp3) is 0.296. The summed E-state index contributed by atoms with van der Waals surface area (Å²) in [5.41, 5.74) is 5.22. The van der Waals surface area contributed by atoms with Gasteiger partial charge in [-0.05, 0) is 42.5 Å². The predicted molar refractivity (Wildman–Crippen MR) is 131 cm³/mol. The fourth-order valence-corrected chi connectivity index (χ4v) is 5.15. The molecule has 1 aliphatic rings. The Labute approximate surface area is 189 Å². The van der Waals surface area contributed by atoms with Crippen molar-refractivity contribution in [2.24, 2.45) is 0 Å². The largest absolute Gasteiger partial charge is 0.367 e. The van der Waals surface area contributed by atoms with Gasteiger partial charge in [0, 0.05) is 28.8 Å². The van der Waals surface area contributed by atoms with Crippen LogP contribution >= 0.6 is 11.8 Å². The van der Waals surface area contributed by atoms with E-state index in [-0.39, 0.29) is 11.5 Å². The molecule has 0 bridgehead atoms. The van der Waals surface area contributed by atoms with E-state index in [9.17, 15) is 5.26 Å². The summed E-state index contributed by atoms with van der Waals surface area (Å²) in [6.07, 6.45) is 2.21. The maximum absolute atomic E-state index is 10.1. The number of aromatic amines is 1. The second-order valence-corrected chi connectivity index (χ2v) is 10.4. The van der Waals surface area contributed by atoms with Gasteiger partial charge in [-0.1, -0.05) is 75.0 Å². The monoisotopic (exact) mass is 427 g/mol. The Balaban J connectivity index is 1.80. The van der Waals surface area contributed by atoms with E-state index in [1.165, 1.54) is 10.5 Å². The molecule has 2 aromatic carbocycles. The summed E-state index contributed by atoms with van der Waals surface area (Å²) in [6, 6.07) is 19.9. The van der Waals surface area contributed by atoms with Crippen molar-refractivity contribution in [2.75, 3.05) is 7.05 Å². The zero-order chi connectivity index (χ0) is 22.3. The van der Waals surface area contributed by atoms with Crippen molar-refractivity contribution in [3.05, 3.63) is 77.1 Å². The molecule has 3 nitrogen and oxygen atoms in total. The summed E-state index contributed by atoms with van der Waals surface area (Å²) in [6.45, 7) is 10.9. The zero-order valence-electron chi connectivity index (χ0n) is 19.1. The first-order chi connectivity index (χ1) is 14.7. The van der Waals surface area contributed by atoms with Crippen LogP contribution in [0.1, 0.15) is 45.9 Å². The Morgan fingerprint density at radius 1 is 1.06 bits per heavy atom. The normalized spacial score (nSPS) is 18.3. The summed E-state index contributed by atoms with van der Waals surface area (Å²) in [7, 11) is 2.06. The Bertz CT molecular complexity index is 1230. The molecule has 1 unspecified atom stereocenters. The lowest BCUT2D eigenvalue weighted by atomic mass is 9.87. The van der Waals surface area contributed by atoms with Crippen LogP contribution in [0.4, 0.5) is 0 Å². The molecule has 1 aromatic heterocycles. The van der Waals surface area contributed by atoms with Crippen LogP contribution in [0, 0.1) is 11.3 Å². The molecule has 0 saturated carbocycles. The van der Waals surface area contributed by atoms with E-state index in [0.29, 0.717) is 5.57 Å². The first-order valence-corrected chi connectivity index (χ1v) is 11.5. The first kappa shape index (κ1) is 21.3. The van der Waals surface area contributed by atoms with Gasteiger partial charge in [0.05, 0.1) is 22.0 Å². The van der Waals surface area contributed by atoms with E-state index in [0.717, 1.165) is 32.8 Å². The molecule has 1 aliphatic heterocycles. The van der Waals surface area contributed by atoms with E-state index in [1.807, 2.05) is 6.07 Å². The van der Waals surface area contributed by atoms with Crippen LogP contribution in [-0.2, 0) is 5.41 Å². The van der Waals surface area contributed by atoms with E-state index in [4.69, 9.17) is 0 Å². The highest BCUT2D eigenvalue weighted by atomic mass is 32.2. The number of nitrogens with one attached hydrogen (secondary N) is 1. The molecule has 3 aromatic rings. The molecular weight excluding hydrogens is 398 g/mol. The number of nitrogens with zero attached hydrogens (tertiary/aromatic N) is 2. The number of H-pyrrole nitrogens is 1. The van der Waals surface area contributed by atoms with Gasteiger partial charge in [-0.15, -0.1) is 0 Å². The van der Waals surface area contributed by atoms with Crippen LogP contribution in [0.3, 0.4) is 0 Å². The van der Waals surface area contributed by atoms with Gasteiger partial charge in [-0.25, -0.2) is 0 Å². The fourth-order valence-electron chi connectivity index (χ4n) is 4.20. The van der Waals surface area contributed by atoms with Gasteiger partial charge in [0.1, 0.15) is 6.07 Å². The number of hydrogen-bond donors (Lipinski definition) is 1. The van der Waals surface area contributed by atoms with Crippen LogP contribution in [-0.4, -0.2) is 23.0 Å². The summed E-state index contributed by atoms with van der Waals surface area (Å²) >= 11 is 1.71. The number of fused-ring (bicyclic) bond motifs is 1. The lowest BCUT2D eigenvalue weighted by Gasteiger charge is -2.21. The van der Waals surface area contributed by atoms with Gasteiger partial charge in [-0.2, -0.15) is 5.26 Å². The second-order valence-electron chi connectivity index (χ2n) is 9.29. The SMILES string of the molecule is CC1=CC(C)N(C)/C1=C(/C#N)c1[nH]c(Sc2ccc(C(C)(C)C)cc2)c2ccccc12. The number of likely N-dealkylation sites (N-methyl/N-ethyl adjacent to an activating group) is 1. The average molecular weight is 428 g/mol. The maximum atomic E-state index is 10.1. The Kier molecular flexibility index (Phi) is 5.49. The van der Waals surface area contributed by atoms with E-state index in [2.05, 4.69) is 106 Å². The van der Waals surface area contributed by atoms with Crippen molar-refractivity contribution < 1.29 is 0 Å². The van der Waals surface area contributed by atoms with E-state index < -0.39 is 0 Å². The second kappa shape index (κ2) is 7.98. The van der Waals surface area contributed by atoms with Crippen LogP contribution in [0.25, 0.3) is 16.3 Å². The van der Waals surface area contributed by atoms with Gasteiger partial charge in [0.15, 0.2) is 0 Å². The van der Waals surface area contributed by atoms with Crippen molar-refractivity contribution in [2.45, 2.75) is 56.0 Å². The van der Waals surface area contributed by atoms with Gasteiger partial charge in [-0.3, -0.25) is 0 Å². The molecular formula is C27H29N3S. The van der Waals surface area contributed by atoms with Crippen LogP contribution in [0.15, 0.2) is 75.8 Å². The van der Waals surface area contributed by atoms with Crippen molar-refractivity contribution in [3.63, 3.8) is 0 Å². The summed E-state index contributed by atoms with van der Waals surface area (Å²) in [5.74, 6) is 0. The van der Waals surface area contributed by atoms with E-state index in [1.54, 1.807) is 11.8 Å². The maximum Gasteiger partial charge on any atom is 0.104 e. The van der Waals surface area contributed by atoms with E-state index >= 15 is 0 Å². The highest BCUT2D eigenvalue weighted by Gasteiger charge is 2.26. The number of rotatable bonds is 3. The highest BCUT2D eigenvalue weighted by molar-refractivity contribution is 7.99. The average Bonchev–Trinajstić information content (AvgIpc) is 3.21. The minimum absolute atomic E-state index is 0.138. The quantitative estimate of drug-likeness (QED) is 0.452. The molecule has 0 aliphatic carbocycles. The molecule has 0 radical (unpaired) electrons. The topological polar surface area (TPSA) is 42.8 Å². The summed E-state index contributed by atoms with van der Waals surface area (Å²) < 4.78 is 0. The van der Waals surface area contributed by atoms with Gasteiger partial charge in [0.25, 0.3) is 0 Å². The van der Waals surface area contributed by atoms with Crippen molar-refractivity contribution in [1.29, 1.82) is 5.26 Å². The van der Waals surface area contributed by atoms with Crippen molar-refractivity contribution in [1.82, 2.24) is 9.88 Å². The third kappa shape index (κ3) is 3.91. The highest BCUT2D eigenvalue weighted by Crippen LogP contribution is 2.40. The Morgan fingerprint density at radius 2 is 1.71 bits per heavy atom. The van der Waals surface area contributed by atoms with Crippen molar-refractivity contribution >= 4 is 28.1 Å². The van der Waals surface area contributed by atoms with Gasteiger partial charge < -0.3 is 9.88 Å². The molecule has 0 fully saturated rings. The number of hydrogen-bond acceptors (Lipinski definition) is 3.